The molecule has 5 aromatic rings. The number of methoxy groups -OCH3 is 1. The van der Waals surface area contributed by atoms with Crippen molar-refractivity contribution in [2.24, 2.45) is 19.2 Å². The molecule has 14 heteroatoms. The van der Waals surface area contributed by atoms with Crippen LogP contribution in [-0.4, -0.2) is 42.9 Å². The summed E-state index contributed by atoms with van der Waals surface area (Å²) in [6, 6.07) is 13.1. The number of hydrazone groups is 1. The molecule has 1 amide bonds. The van der Waals surface area contributed by atoms with E-state index in [0.717, 1.165) is 4.57 Å². The number of hydrogen-bond donors (Lipinski definition) is 1. The number of pyridine rings is 1. The van der Waals surface area contributed by atoms with Crippen molar-refractivity contribution in [3.8, 4) is 17.5 Å². The van der Waals surface area contributed by atoms with Gasteiger partial charge in [-0.05, 0) is 53.6 Å². The smallest absolute Gasteiger partial charge is 0.332 e. The van der Waals surface area contributed by atoms with Crippen molar-refractivity contribution in [2.45, 2.75) is 6.54 Å². The van der Waals surface area contributed by atoms with E-state index >= 15 is 0 Å². The van der Waals surface area contributed by atoms with Gasteiger partial charge in [-0.15, -0.1) is 0 Å². The number of nitrogens with one attached hydrogen (secondary N) is 1. The third-order valence-corrected chi connectivity index (χ3v) is 6.95. The van der Waals surface area contributed by atoms with E-state index in [2.05, 4.69) is 20.5 Å². The fraction of sp³-hybridized carbons (Fsp3) is 0.143. The summed E-state index contributed by atoms with van der Waals surface area (Å²) in [7, 11) is 4.37. The van der Waals surface area contributed by atoms with Crippen molar-refractivity contribution >= 4 is 46.5 Å². The van der Waals surface area contributed by atoms with Crippen LogP contribution < -0.4 is 26.1 Å². The number of imidazole rings is 1. The number of amides is 1. The van der Waals surface area contributed by atoms with Gasteiger partial charge < -0.3 is 9.47 Å². The van der Waals surface area contributed by atoms with Crippen molar-refractivity contribution < 1.29 is 14.3 Å². The van der Waals surface area contributed by atoms with Gasteiger partial charge in [0.05, 0.1) is 19.9 Å². The number of halogens is 2. The van der Waals surface area contributed by atoms with Crippen molar-refractivity contribution in [3.63, 3.8) is 0 Å². The van der Waals surface area contributed by atoms with Crippen LogP contribution in [0, 0.1) is 0 Å². The molecule has 5 rings (SSSR count). The molecule has 42 heavy (non-hydrogen) atoms. The number of carbonyl (C=O) groups excluding carboxylic acids is 1. The maximum Gasteiger partial charge on any atom is 0.332 e. The van der Waals surface area contributed by atoms with Crippen LogP contribution in [0.15, 0.2) is 75.6 Å². The average Bonchev–Trinajstić information content (AvgIpc) is 3.35. The Balaban J connectivity index is 1.50. The van der Waals surface area contributed by atoms with E-state index in [9.17, 15) is 14.4 Å². The molecule has 0 unspecified atom stereocenters. The predicted octanol–water partition coefficient (Wildman–Crippen LogP) is 3.75. The van der Waals surface area contributed by atoms with Crippen LogP contribution in [0.3, 0.4) is 0 Å². The summed E-state index contributed by atoms with van der Waals surface area (Å²) in [5.41, 5.74) is 3.31. The van der Waals surface area contributed by atoms with Gasteiger partial charge in [-0.3, -0.25) is 28.3 Å². The molecule has 0 spiro atoms. The number of benzene rings is 2. The minimum absolute atomic E-state index is 0.0265. The summed E-state index contributed by atoms with van der Waals surface area (Å²) in [6.07, 6.45) is 4.47. The predicted molar refractivity (Wildman–Crippen MR) is 158 cm³/mol. The lowest BCUT2D eigenvalue weighted by atomic mass is 10.2. The second-order valence-corrected chi connectivity index (χ2v) is 9.89. The van der Waals surface area contributed by atoms with Crippen LogP contribution in [0.25, 0.3) is 11.2 Å². The number of aryl methyl sites for hydroxylation is 1. The molecule has 1 N–H and O–H groups in total. The largest absolute Gasteiger partial charge is 0.493 e. The van der Waals surface area contributed by atoms with Gasteiger partial charge in [-0.2, -0.15) is 10.1 Å². The lowest BCUT2D eigenvalue weighted by Crippen LogP contribution is -2.37. The first-order valence-electron chi connectivity index (χ1n) is 12.4. The Labute approximate surface area is 248 Å². The molecule has 0 saturated carbocycles. The number of nitrogens with zero attached hydrogens (tertiary/aromatic N) is 6. The zero-order chi connectivity index (χ0) is 30.0. The van der Waals surface area contributed by atoms with E-state index in [4.69, 9.17) is 32.7 Å². The van der Waals surface area contributed by atoms with E-state index < -0.39 is 11.2 Å². The van der Waals surface area contributed by atoms with Crippen LogP contribution in [0.2, 0.25) is 10.0 Å². The van der Waals surface area contributed by atoms with Gasteiger partial charge >= 0.3 is 11.7 Å². The molecule has 214 valence electrons. The van der Waals surface area contributed by atoms with Crippen molar-refractivity contribution in [1.82, 2.24) is 29.1 Å². The summed E-state index contributed by atoms with van der Waals surface area (Å²) in [4.78, 5) is 46.4. The highest BCUT2D eigenvalue weighted by molar-refractivity contribution is 6.35. The molecule has 2 aromatic carbocycles. The monoisotopic (exact) mass is 607 g/mol. The fourth-order valence-electron chi connectivity index (χ4n) is 4.15. The van der Waals surface area contributed by atoms with E-state index in [1.165, 1.54) is 48.9 Å². The summed E-state index contributed by atoms with van der Waals surface area (Å²) in [5, 5.41) is 4.84. The Bertz CT molecular complexity index is 1970. The normalized spacial score (nSPS) is 11.3. The van der Waals surface area contributed by atoms with Gasteiger partial charge in [-0.1, -0.05) is 29.3 Å². The van der Waals surface area contributed by atoms with E-state index in [0.29, 0.717) is 32.5 Å². The number of hydrogen-bond acceptors (Lipinski definition) is 8. The molecular weight excluding hydrogens is 585 g/mol. The molecular formula is C28H23Cl2N7O5. The minimum Gasteiger partial charge on any atom is -0.493 e. The highest BCUT2D eigenvalue weighted by atomic mass is 35.5. The highest BCUT2D eigenvalue weighted by Gasteiger charge is 2.22. The highest BCUT2D eigenvalue weighted by Crippen LogP contribution is 2.33. The first kappa shape index (κ1) is 28.6. The Morgan fingerprint density at radius 3 is 2.50 bits per heavy atom. The van der Waals surface area contributed by atoms with E-state index in [-0.39, 0.29) is 35.4 Å². The molecule has 3 aromatic heterocycles. The number of carbonyl (C=O) groups is 1. The average molecular weight is 608 g/mol. The topological polar surface area (TPSA) is 135 Å². The third kappa shape index (κ3) is 5.62. The Morgan fingerprint density at radius 2 is 1.79 bits per heavy atom. The Hall–Kier alpha value is -4.94. The second-order valence-electron chi connectivity index (χ2n) is 9.04. The molecule has 0 atom stereocenters. The summed E-state index contributed by atoms with van der Waals surface area (Å²) in [6.45, 7) is 0.0967. The Morgan fingerprint density at radius 1 is 1.02 bits per heavy atom. The van der Waals surface area contributed by atoms with Crippen molar-refractivity contribution in [3.05, 3.63) is 108 Å². The zero-order valence-corrected chi connectivity index (χ0v) is 24.1. The molecule has 0 aliphatic rings. The van der Waals surface area contributed by atoms with E-state index in [1.807, 2.05) is 0 Å². The minimum atomic E-state index is -0.548. The number of aromatic nitrogens is 5. The molecule has 12 nitrogen and oxygen atoms in total. The van der Waals surface area contributed by atoms with Crippen LogP contribution in [-0.2, 0) is 20.6 Å². The standard InChI is InChI=1S/C28H23Cl2N7O5/c1-35-24-23(26(39)36(2)28(35)40)37(15-18-5-6-19(29)13-20(18)30)27(33-24)42-21-7-4-16(12-22(21)41-3)14-32-34-25(38)17-8-10-31-11-9-17/h4-14H,15H2,1-3H3,(H,34,38). The van der Waals surface area contributed by atoms with Crippen LogP contribution in [0.1, 0.15) is 21.5 Å². The lowest BCUT2D eigenvalue weighted by Gasteiger charge is -2.13. The number of ether oxygens (including phenoxy) is 2. The lowest BCUT2D eigenvalue weighted by molar-refractivity contribution is 0.0955. The molecule has 0 aliphatic heterocycles. The van der Waals surface area contributed by atoms with Gasteiger partial charge in [0.1, 0.15) is 0 Å². The maximum atomic E-state index is 13.2. The summed E-state index contributed by atoms with van der Waals surface area (Å²) >= 11 is 12.5. The second kappa shape index (κ2) is 11.9. The molecule has 0 fully saturated rings. The quantitative estimate of drug-likeness (QED) is 0.210. The van der Waals surface area contributed by atoms with Crippen molar-refractivity contribution in [1.29, 1.82) is 0 Å². The molecule has 0 saturated heterocycles. The maximum absolute atomic E-state index is 13.2. The molecule has 3 heterocycles. The molecule has 0 bridgehead atoms. The number of rotatable bonds is 8. The Kier molecular flexibility index (Phi) is 8.09. The van der Waals surface area contributed by atoms with Gasteiger partial charge in [0.25, 0.3) is 11.5 Å². The van der Waals surface area contributed by atoms with E-state index in [1.54, 1.807) is 48.5 Å². The first-order chi connectivity index (χ1) is 20.2. The zero-order valence-electron chi connectivity index (χ0n) is 22.5. The van der Waals surface area contributed by atoms with Gasteiger partial charge in [0.2, 0.25) is 0 Å². The fourth-order valence-corrected chi connectivity index (χ4v) is 4.62. The molecule has 0 aliphatic carbocycles. The SMILES string of the molecule is COc1cc(C=NNC(=O)c2ccncc2)ccc1Oc1nc2c(c(=O)n(C)c(=O)n2C)n1Cc1ccc(Cl)cc1Cl. The first-order valence-corrected chi connectivity index (χ1v) is 13.1. The van der Waals surface area contributed by atoms with Crippen LogP contribution in [0.4, 0.5) is 0 Å². The molecule has 0 radical (unpaired) electrons. The van der Waals surface area contributed by atoms with Gasteiger partial charge in [0.15, 0.2) is 22.7 Å². The van der Waals surface area contributed by atoms with Crippen LogP contribution in [0.5, 0.6) is 17.5 Å². The van der Waals surface area contributed by atoms with Crippen molar-refractivity contribution in [2.75, 3.05) is 7.11 Å². The van der Waals surface area contributed by atoms with Gasteiger partial charge in [0, 0.05) is 42.1 Å². The van der Waals surface area contributed by atoms with Gasteiger partial charge in [-0.25, -0.2) is 10.2 Å². The third-order valence-electron chi connectivity index (χ3n) is 6.37. The number of fused-ring (bicyclic) bond motifs is 1. The van der Waals surface area contributed by atoms with Crippen LogP contribution >= 0.6 is 23.2 Å². The summed E-state index contributed by atoms with van der Waals surface area (Å²) in [5.74, 6) is 0.209. The summed E-state index contributed by atoms with van der Waals surface area (Å²) < 4.78 is 15.5.